The molecule has 0 radical (unpaired) electrons. The van der Waals surface area contributed by atoms with Gasteiger partial charge in [-0.3, -0.25) is 4.79 Å². The molecule has 2 aromatic rings. The number of urea groups is 1. The molecule has 0 bridgehead atoms. The largest absolute Gasteiger partial charge is 0.412 e. The fourth-order valence-corrected chi connectivity index (χ4v) is 5.67. The lowest BCUT2D eigenvalue weighted by atomic mass is 9.92. The van der Waals surface area contributed by atoms with Gasteiger partial charge in [-0.2, -0.15) is 0 Å². The molecule has 2 aliphatic rings. The lowest BCUT2D eigenvalue weighted by Gasteiger charge is -2.32. The highest BCUT2D eigenvalue weighted by molar-refractivity contribution is 6.16. The number of likely N-dealkylation sites (tertiary alicyclic amines) is 1. The van der Waals surface area contributed by atoms with Crippen molar-refractivity contribution in [1.82, 2.24) is 20.1 Å². The smallest absolute Gasteiger partial charge is 0.327 e. The van der Waals surface area contributed by atoms with Crippen molar-refractivity contribution in [1.29, 1.82) is 0 Å². The number of carbonyl (C=O) groups excluding carboxylic acids is 2. The van der Waals surface area contributed by atoms with Gasteiger partial charge in [0.15, 0.2) is 5.82 Å². The van der Waals surface area contributed by atoms with Crippen molar-refractivity contribution in [3.8, 4) is 0 Å². The van der Waals surface area contributed by atoms with Gasteiger partial charge < -0.3 is 53.3 Å². The maximum atomic E-state index is 13.5. The molecule has 4 rings (SSSR count). The van der Waals surface area contributed by atoms with Crippen LogP contribution in [0, 0.1) is 12.8 Å². The number of benzene rings is 1. The number of carbonyl (C=O) groups is 2. The lowest BCUT2D eigenvalue weighted by Crippen LogP contribution is -2.43. The first-order valence-electron chi connectivity index (χ1n) is 14.4. The average molecular weight is 738 g/mol. The number of aryl methyl sites for hydroxylation is 1. The monoisotopic (exact) mass is 736 g/mol. The molecule has 0 aliphatic carbocycles. The molecule has 1 aromatic carbocycles. The maximum absolute atomic E-state index is 13.5. The van der Waals surface area contributed by atoms with Crippen LogP contribution < -0.4 is 15.5 Å². The van der Waals surface area contributed by atoms with E-state index in [1.54, 1.807) is 24.4 Å². The van der Waals surface area contributed by atoms with Crippen LogP contribution in [0.4, 0.5) is 22.0 Å². The lowest BCUT2D eigenvalue weighted by molar-refractivity contribution is 0.102. The summed E-state index contributed by atoms with van der Waals surface area (Å²) in [5.74, 6) is 1.01. The zero-order valence-corrected chi connectivity index (χ0v) is 30.0. The SMILES string of the molecule is CCCN(CCC)CCCC1CCN(CCNC(=O)N2c3cc(C)ccc3C(=O)Nc3cccnc32)CC1.Cl.Cl.Cl.O.O.O.O.O.O. The molecule has 0 unspecified atom stereocenters. The molecule has 17 heteroatoms. The minimum Gasteiger partial charge on any atom is -0.412 e. The molecule has 47 heavy (non-hydrogen) atoms. The Bertz CT molecular complexity index is 1110. The predicted molar refractivity (Wildman–Crippen MR) is 198 cm³/mol. The summed E-state index contributed by atoms with van der Waals surface area (Å²) in [6, 6.07) is 8.77. The second kappa shape index (κ2) is 28.7. The number of fused-ring (bicyclic) bond motifs is 2. The van der Waals surface area contributed by atoms with Crippen LogP contribution in [-0.2, 0) is 0 Å². The average Bonchev–Trinajstić information content (AvgIpc) is 3.03. The summed E-state index contributed by atoms with van der Waals surface area (Å²) in [4.78, 5) is 37.4. The van der Waals surface area contributed by atoms with Gasteiger partial charge in [-0.05, 0) is 114 Å². The second-order valence-electron chi connectivity index (χ2n) is 10.7. The second-order valence-corrected chi connectivity index (χ2v) is 10.7. The third-order valence-electron chi connectivity index (χ3n) is 7.67. The first-order valence-corrected chi connectivity index (χ1v) is 14.4. The number of aromatic nitrogens is 1. The van der Waals surface area contributed by atoms with Gasteiger partial charge >= 0.3 is 6.03 Å². The van der Waals surface area contributed by atoms with Gasteiger partial charge in [0.05, 0.1) is 16.9 Å². The predicted octanol–water partition coefficient (Wildman–Crippen LogP) is 1.73. The van der Waals surface area contributed by atoms with Crippen LogP contribution in [0.3, 0.4) is 0 Å². The summed E-state index contributed by atoms with van der Waals surface area (Å²) >= 11 is 0. The minimum absolute atomic E-state index is 0. The minimum atomic E-state index is -0.271. The molecule has 278 valence electrons. The molecule has 1 aromatic heterocycles. The van der Waals surface area contributed by atoms with E-state index in [1.165, 1.54) is 63.1 Å². The van der Waals surface area contributed by atoms with E-state index in [4.69, 9.17) is 0 Å². The van der Waals surface area contributed by atoms with Crippen molar-refractivity contribution in [3.05, 3.63) is 47.7 Å². The molecule has 14 N–H and O–H groups in total. The number of hydrogen-bond acceptors (Lipinski definition) is 5. The van der Waals surface area contributed by atoms with E-state index in [1.807, 2.05) is 19.1 Å². The van der Waals surface area contributed by atoms with E-state index in [0.717, 1.165) is 31.1 Å². The fourth-order valence-electron chi connectivity index (χ4n) is 5.67. The number of anilines is 3. The number of amides is 3. The first kappa shape index (κ1) is 57.0. The molecule has 3 amide bonds. The molecule has 1 fully saturated rings. The third-order valence-corrected chi connectivity index (χ3v) is 7.67. The Labute approximate surface area is 297 Å². The van der Waals surface area contributed by atoms with E-state index in [9.17, 15) is 9.59 Å². The molecular formula is C30H59Cl3N6O8. The highest BCUT2D eigenvalue weighted by Crippen LogP contribution is 2.36. The summed E-state index contributed by atoms with van der Waals surface area (Å²) in [6.45, 7) is 13.7. The molecule has 3 heterocycles. The van der Waals surface area contributed by atoms with E-state index < -0.39 is 0 Å². The molecule has 0 saturated carbocycles. The molecule has 2 aliphatic heterocycles. The number of piperidine rings is 1. The van der Waals surface area contributed by atoms with E-state index >= 15 is 0 Å². The van der Waals surface area contributed by atoms with Gasteiger partial charge in [-0.1, -0.05) is 19.9 Å². The quantitative estimate of drug-likeness (QED) is 0.348. The highest BCUT2D eigenvalue weighted by Gasteiger charge is 2.30. The van der Waals surface area contributed by atoms with E-state index in [0.29, 0.717) is 29.3 Å². The number of pyridine rings is 1. The summed E-state index contributed by atoms with van der Waals surface area (Å²) in [5.41, 5.74) is 2.50. The summed E-state index contributed by atoms with van der Waals surface area (Å²) in [7, 11) is 0. The Morgan fingerprint density at radius 2 is 1.57 bits per heavy atom. The number of nitrogens with zero attached hydrogens (tertiary/aromatic N) is 4. The van der Waals surface area contributed by atoms with Gasteiger partial charge in [-0.25, -0.2) is 14.7 Å². The maximum Gasteiger partial charge on any atom is 0.327 e. The summed E-state index contributed by atoms with van der Waals surface area (Å²) in [5, 5.41) is 5.98. The Morgan fingerprint density at radius 3 is 2.17 bits per heavy atom. The van der Waals surface area contributed by atoms with Crippen molar-refractivity contribution < 1.29 is 42.4 Å². The van der Waals surface area contributed by atoms with Gasteiger partial charge in [-0.15, -0.1) is 37.2 Å². The molecule has 14 nitrogen and oxygen atoms in total. The van der Waals surface area contributed by atoms with Crippen LogP contribution in [0.2, 0.25) is 0 Å². The molecule has 0 atom stereocenters. The Balaban J connectivity index is -0.000000467. The van der Waals surface area contributed by atoms with Crippen molar-refractivity contribution >= 4 is 66.4 Å². The van der Waals surface area contributed by atoms with Gasteiger partial charge in [0, 0.05) is 19.3 Å². The number of rotatable bonds is 11. The van der Waals surface area contributed by atoms with Crippen molar-refractivity contribution in [3.63, 3.8) is 0 Å². The summed E-state index contributed by atoms with van der Waals surface area (Å²) < 4.78 is 0. The first-order chi connectivity index (χ1) is 18.5. The Hall–Kier alpha value is -2.34. The van der Waals surface area contributed by atoms with Crippen LogP contribution in [0.5, 0.6) is 0 Å². The molecule has 0 spiro atoms. The number of hydrogen-bond donors (Lipinski definition) is 2. The van der Waals surface area contributed by atoms with Crippen LogP contribution in [-0.4, -0.2) is 105 Å². The van der Waals surface area contributed by atoms with Gasteiger partial charge in [0.2, 0.25) is 0 Å². The van der Waals surface area contributed by atoms with Crippen LogP contribution in [0.25, 0.3) is 0 Å². The van der Waals surface area contributed by atoms with Crippen molar-refractivity contribution in [2.75, 3.05) is 56.0 Å². The fraction of sp³-hybridized carbons (Fsp3) is 0.567. The van der Waals surface area contributed by atoms with Crippen LogP contribution in [0.1, 0.15) is 68.3 Å². The standard InChI is InChI=1S/C30H44N6O2.3ClH.6H2O/c1-4-16-34(17-5-2)18-7-8-24-12-19-35(20-13-24)21-15-32-30(38)36-27-22-23(3)10-11-25(27)29(37)33-26-9-6-14-31-28(26)36;;;;;;;;;/h6,9-11,14,22,24H,4-5,7-8,12-13,15-21H2,1-3H3,(H,32,38)(H,33,37);3*1H;6*1H2. The van der Waals surface area contributed by atoms with Crippen molar-refractivity contribution in [2.45, 2.75) is 59.3 Å². The van der Waals surface area contributed by atoms with E-state index in [-0.39, 0.29) is 82.0 Å². The summed E-state index contributed by atoms with van der Waals surface area (Å²) in [6.07, 6.45) is 9.19. The topological polar surface area (TPSA) is 270 Å². The number of nitrogens with one attached hydrogen (secondary N) is 2. The van der Waals surface area contributed by atoms with Gasteiger partial charge in [0.1, 0.15) is 0 Å². The molecular weight excluding hydrogens is 679 g/mol. The zero-order valence-electron chi connectivity index (χ0n) is 27.6. The normalized spacial score (nSPS) is 13.0. The van der Waals surface area contributed by atoms with Crippen LogP contribution >= 0.6 is 37.2 Å². The third kappa shape index (κ3) is 15.6. The van der Waals surface area contributed by atoms with E-state index in [2.05, 4.69) is 39.3 Å². The Morgan fingerprint density at radius 1 is 0.957 bits per heavy atom. The van der Waals surface area contributed by atoms with Crippen LogP contribution in [0.15, 0.2) is 36.5 Å². The molecule has 1 saturated heterocycles. The number of halogens is 3. The van der Waals surface area contributed by atoms with Gasteiger partial charge in [0.25, 0.3) is 5.91 Å². The Kier molecular flexibility index (Phi) is 34.7. The highest BCUT2D eigenvalue weighted by atomic mass is 35.5. The zero-order chi connectivity index (χ0) is 26.9. The van der Waals surface area contributed by atoms with Crippen molar-refractivity contribution in [2.24, 2.45) is 5.92 Å².